The van der Waals surface area contributed by atoms with Crippen molar-refractivity contribution in [2.24, 2.45) is 0 Å². The van der Waals surface area contributed by atoms with Gasteiger partial charge in [-0.25, -0.2) is 0 Å². The number of fused-ring (bicyclic) bond motifs is 1. The molecule has 0 bridgehead atoms. The third-order valence-corrected chi connectivity index (χ3v) is 3.99. The molecule has 0 amide bonds. The highest BCUT2D eigenvalue weighted by Gasteiger charge is 2.24. The van der Waals surface area contributed by atoms with Crippen LogP contribution in [-0.4, -0.2) is 5.11 Å². The van der Waals surface area contributed by atoms with E-state index in [-0.39, 0.29) is 0 Å². The summed E-state index contributed by atoms with van der Waals surface area (Å²) in [5.74, 6) is 1.30. The fourth-order valence-electron chi connectivity index (χ4n) is 2.70. The fraction of sp³-hybridized carbons (Fsp3) is 0.222. The maximum Gasteiger partial charge on any atom is 0.138 e. The van der Waals surface area contributed by atoms with E-state index in [2.05, 4.69) is 12.1 Å². The van der Waals surface area contributed by atoms with Gasteiger partial charge >= 0.3 is 0 Å². The summed E-state index contributed by atoms with van der Waals surface area (Å²) in [6.45, 7) is 0. The van der Waals surface area contributed by atoms with Crippen molar-refractivity contribution < 1.29 is 9.52 Å². The maximum absolute atomic E-state index is 10.5. The molecule has 4 rings (SSSR count). The van der Waals surface area contributed by atoms with Crippen LogP contribution in [-0.2, 0) is 0 Å². The standard InChI is InChI=1S/C18H16O2/c19-18(15-6-3-5-13(10-15)12-8-9-12)17-11-14-4-1-2-7-16(14)20-17/h1-7,10-12,18-19H,8-9H2. The molecule has 2 heteroatoms. The number of benzene rings is 2. The Morgan fingerprint density at radius 1 is 1.00 bits per heavy atom. The van der Waals surface area contributed by atoms with Crippen LogP contribution in [0.2, 0.25) is 0 Å². The molecule has 1 unspecified atom stereocenters. The van der Waals surface area contributed by atoms with Gasteiger partial charge in [0.25, 0.3) is 0 Å². The molecule has 1 saturated carbocycles. The number of aliphatic hydroxyl groups is 1. The molecule has 1 aliphatic rings. The summed E-state index contributed by atoms with van der Waals surface area (Å²) in [4.78, 5) is 0. The number of hydrogen-bond acceptors (Lipinski definition) is 2. The Morgan fingerprint density at radius 2 is 1.85 bits per heavy atom. The minimum Gasteiger partial charge on any atom is -0.458 e. The van der Waals surface area contributed by atoms with E-state index >= 15 is 0 Å². The molecule has 1 aliphatic carbocycles. The zero-order valence-electron chi connectivity index (χ0n) is 11.1. The van der Waals surface area contributed by atoms with Crippen molar-refractivity contribution in [2.45, 2.75) is 24.9 Å². The smallest absolute Gasteiger partial charge is 0.138 e. The molecule has 1 N–H and O–H groups in total. The van der Waals surface area contributed by atoms with Gasteiger partial charge in [0.15, 0.2) is 0 Å². The highest BCUT2D eigenvalue weighted by molar-refractivity contribution is 5.77. The van der Waals surface area contributed by atoms with Gasteiger partial charge in [-0.3, -0.25) is 0 Å². The molecule has 1 heterocycles. The van der Waals surface area contributed by atoms with Gasteiger partial charge in [0.05, 0.1) is 0 Å². The highest BCUT2D eigenvalue weighted by atomic mass is 16.4. The molecule has 2 nitrogen and oxygen atoms in total. The normalized spacial score (nSPS) is 16.4. The molecular formula is C18H16O2. The van der Waals surface area contributed by atoms with Crippen LogP contribution >= 0.6 is 0 Å². The van der Waals surface area contributed by atoms with Crippen LogP contribution < -0.4 is 0 Å². The first kappa shape index (κ1) is 11.7. The first-order valence-corrected chi connectivity index (χ1v) is 7.08. The van der Waals surface area contributed by atoms with E-state index in [1.165, 1.54) is 18.4 Å². The average molecular weight is 264 g/mol. The summed E-state index contributed by atoms with van der Waals surface area (Å²) < 4.78 is 5.75. The van der Waals surface area contributed by atoms with E-state index in [0.29, 0.717) is 11.7 Å². The summed E-state index contributed by atoms with van der Waals surface area (Å²) in [6.07, 6.45) is 1.84. The number of aliphatic hydroxyl groups excluding tert-OH is 1. The maximum atomic E-state index is 10.5. The average Bonchev–Trinajstić information content (AvgIpc) is 3.25. The molecule has 3 aromatic rings. The molecule has 20 heavy (non-hydrogen) atoms. The Morgan fingerprint density at radius 3 is 2.65 bits per heavy atom. The van der Waals surface area contributed by atoms with Gasteiger partial charge in [0.2, 0.25) is 0 Å². The van der Waals surface area contributed by atoms with E-state index in [4.69, 9.17) is 4.42 Å². The molecule has 1 atom stereocenters. The van der Waals surface area contributed by atoms with E-state index in [1.54, 1.807) is 0 Å². The Labute approximate surface area is 117 Å². The minimum atomic E-state index is -0.693. The van der Waals surface area contributed by atoms with Gasteiger partial charge in [-0.1, -0.05) is 42.5 Å². The van der Waals surface area contributed by atoms with Crippen molar-refractivity contribution >= 4 is 11.0 Å². The van der Waals surface area contributed by atoms with Gasteiger partial charge in [-0.05, 0) is 42.0 Å². The lowest BCUT2D eigenvalue weighted by Gasteiger charge is -2.09. The minimum absolute atomic E-state index is 0.610. The van der Waals surface area contributed by atoms with Crippen molar-refractivity contribution in [1.29, 1.82) is 0 Å². The number of rotatable bonds is 3. The fourth-order valence-corrected chi connectivity index (χ4v) is 2.70. The molecule has 0 saturated heterocycles. The van der Waals surface area contributed by atoms with Crippen molar-refractivity contribution in [3.05, 3.63) is 71.5 Å². The molecule has 100 valence electrons. The topological polar surface area (TPSA) is 33.4 Å². The quantitative estimate of drug-likeness (QED) is 0.761. The van der Waals surface area contributed by atoms with Crippen molar-refractivity contribution in [1.82, 2.24) is 0 Å². The van der Waals surface area contributed by atoms with Gasteiger partial charge in [-0.2, -0.15) is 0 Å². The van der Waals surface area contributed by atoms with E-state index in [1.807, 2.05) is 42.5 Å². The zero-order chi connectivity index (χ0) is 13.5. The lowest BCUT2D eigenvalue weighted by atomic mass is 10.0. The lowest BCUT2D eigenvalue weighted by Crippen LogP contribution is -1.98. The third kappa shape index (κ3) is 2.02. The predicted molar refractivity (Wildman–Crippen MR) is 78.7 cm³/mol. The zero-order valence-corrected chi connectivity index (χ0v) is 11.1. The first-order chi connectivity index (χ1) is 9.81. The first-order valence-electron chi connectivity index (χ1n) is 7.08. The van der Waals surface area contributed by atoms with Crippen LogP contribution in [0, 0.1) is 0 Å². The molecule has 0 aliphatic heterocycles. The van der Waals surface area contributed by atoms with Crippen LogP contribution in [0.3, 0.4) is 0 Å². The van der Waals surface area contributed by atoms with Crippen molar-refractivity contribution in [3.8, 4) is 0 Å². The summed E-state index contributed by atoms with van der Waals surface area (Å²) in [7, 11) is 0. The van der Waals surface area contributed by atoms with Crippen LogP contribution in [0.25, 0.3) is 11.0 Å². The van der Waals surface area contributed by atoms with E-state index < -0.39 is 6.10 Å². The second-order valence-corrected chi connectivity index (χ2v) is 5.53. The van der Waals surface area contributed by atoms with Crippen molar-refractivity contribution in [2.75, 3.05) is 0 Å². The number of hydrogen-bond donors (Lipinski definition) is 1. The van der Waals surface area contributed by atoms with E-state index in [0.717, 1.165) is 16.5 Å². The summed E-state index contributed by atoms with van der Waals surface area (Å²) in [5.41, 5.74) is 3.06. The number of para-hydroxylation sites is 1. The van der Waals surface area contributed by atoms with Gasteiger partial charge in [-0.15, -0.1) is 0 Å². The molecule has 0 radical (unpaired) electrons. The summed E-state index contributed by atoms with van der Waals surface area (Å²) in [6, 6.07) is 18.0. The molecule has 2 aromatic carbocycles. The van der Waals surface area contributed by atoms with Gasteiger partial charge in [0.1, 0.15) is 17.4 Å². The third-order valence-electron chi connectivity index (χ3n) is 3.99. The van der Waals surface area contributed by atoms with Gasteiger partial charge in [0, 0.05) is 5.39 Å². The molecule has 0 spiro atoms. The molecule has 1 fully saturated rings. The highest BCUT2D eigenvalue weighted by Crippen LogP contribution is 2.41. The predicted octanol–water partition coefficient (Wildman–Crippen LogP) is 4.39. The Balaban J connectivity index is 1.71. The molecule has 1 aromatic heterocycles. The monoisotopic (exact) mass is 264 g/mol. The second-order valence-electron chi connectivity index (χ2n) is 5.53. The molecular weight excluding hydrogens is 248 g/mol. The Kier molecular flexibility index (Phi) is 2.64. The Bertz CT molecular complexity index is 720. The number of furan rings is 1. The van der Waals surface area contributed by atoms with Crippen molar-refractivity contribution in [3.63, 3.8) is 0 Å². The van der Waals surface area contributed by atoms with E-state index in [9.17, 15) is 5.11 Å². The van der Waals surface area contributed by atoms with Crippen LogP contribution in [0.4, 0.5) is 0 Å². The largest absolute Gasteiger partial charge is 0.458 e. The van der Waals surface area contributed by atoms with Crippen LogP contribution in [0.1, 0.15) is 41.8 Å². The lowest BCUT2D eigenvalue weighted by molar-refractivity contribution is 0.192. The van der Waals surface area contributed by atoms with Crippen LogP contribution in [0.5, 0.6) is 0 Å². The van der Waals surface area contributed by atoms with Crippen LogP contribution in [0.15, 0.2) is 59.0 Å². The Hall–Kier alpha value is -2.06. The summed E-state index contributed by atoms with van der Waals surface area (Å²) >= 11 is 0. The van der Waals surface area contributed by atoms with Gasteiger partial charge < -0.3 is 9.52 Å². The SMILES string of the molecule is OC(c1cccc(C2CC2)c1)c1cc2ccccc2o1. The second kappa shape index (κ2) is 4.50. The summed E-state index contributed by atoms with van der Waals surface area (Å²) in [5, 5.41) is 11.6.